The fraction of sp³-hybridized carbons (Fsp3) is 0.368. The van der Waals surface area contributed by atoms with Crippen LogP contribution in [0.15, 0.2) is 35.1 Å². The van der Waals surface area contributed by atoms with Gasteiger partial charge in [0.2, 0.25) is 0 Å². The molecule has 0 spiro atoms. The Kier molecular flexibility index (Phi) is 4.84. The summed E-state index contributed by atoms with van der Waals surface area (Å²) in [6, 6.07) is 9.60. The number of aromatic nitrogens is 2. The van der Waals surface area contributed by atoms with Crippen molar-refractivity contribution >= 4 is 33.2 Å². The molecule has 136 valence electrons. The maximum atomic E-state index is 12.5. The van der Waals surface area contributed by atoms with Gasteiger partial charge in [-0.15, -0.1) is 11.3 Å². The quantitative estimate of drug-likeness (QED) is 0.737. The Morgan fingerprint density at radius 3 is 2.65 bits per heavy atom. The van der Waals surface area contributed by atoms with Crippen LogP contribution in [0, 0.1) is 0 Å². The lowest BCUT2D eigenvalue weighted by molar-refractivity contribution is -0.0710. The van der Waals surface area contributed by atoms with Gasteiger partial charge in [-0.25, -0.2) is 4.98 Å². The van der Waals surface area contributed by atoms with Crippen molar-refractivity contribution in [2.75, 3.05) is 13.1 Å². The predicted molar refractivity (Wildman–Crippen MR) is 106 cm³/mol. The third-order valence-electron chi connectivity index (χ3n) is 4.43. The Hall–Kier alpha value is -1.73. The summed E-state index contributed by atoms with van der Waals surface area (Å²) in [4.78, 5) is 23.4. The van der Waals surface area contributed by atoms with Crippen LogP contribution in [0.25, 0.3) is 20.7 Å². The monoisotopic (exact) mass is 389 g/mol. The second-order valence-corrected chi connectivity index (χ2v) is 8.28. The zero-order chi connectivity index (χ0) is 18.3. The summed E-state index contributed by atoms with van der Waals surface area (Å²) in [6.45, 7) is 6.44. The zero-order valence-corrected chi connectivity index (χ0v) is 16.2. The minimum absolute atomic E-state index is 0.0791. The van der Waals surface area contributed by atoms with Gasteiger partial charge in [0.25, 0.3) is 5.56 Å². The molecular formula is C19H20ClN3O2S. The number of benzene rings is 1. The molecule has 0 amide bonds. The molecule has 1 aliphatic rings. The first-order valence-electron chi connectivity index (χ1n) is 8.64. The van der Waals surface area contributed by atoms with E-state index in [-0.39, 0.29) is 17.8 Å². The van der Waals surface area contributed by atoms with Gasteiger partial charge in [-0.1, -0.05) is 23.7 Å². The number of hydrogen-bond acceptors (Lipinski definition) is 5. The minimum atomic E-state index is -0.0791. The highest BCUT2D eigenvalue weighted by atomic mass is 35.5. The zero-order valence-electron chi connectivity index (χ0n) is 14.7. The summed E-state index contributed by atoms with van der Waals surface area (Å²) < 4.78 is 6.42. The van der Waals surface area contributed by atoms with E-state index in [1.807, 2.05) is 30.3 Å². The number of nitrogens with one attached hydrogen (secondary N) is 1. The van der Waals surface area contributed by atoms with Crippen LogP contribution in [0.1, 0.15) is 19.7 Å². The summed E-state index contributed by atoms with van der Waals surface area (Å²) >= 11 is 7.41. The Morgan fingerprint density at radius 2 is 1.96 bits per heavy atom. The number of H-pyrrole nitrogens is 1. The summed E-state index contributed by atoms with van der Waals surface area (Å²) in [5.41, 5.74) is 1.70. The number of nitrogens with zero attached hydrogens (tertiary/aromatic N) is 2. The molecule has 2 atom stereocenters. The first-order chi connectivity index (χ1) is 12.5. The summed E-state index contributed by atoms with van der Waals surface area (Å²) in [6.07, 6.45) is 0.374. The van der Waals surface area contributed by atoms with Gasteiger partial charge in [0.1, 0.15) is 10.5 Å². The molecule has 4 rings (SSSR count). The average molecular weight is 390 g/mol. The molecule has 0 radical (unpaired) electrons. The molecule has 1 aromatic carbocycles. The van der Waals surface area contributed by atoms with E-state index in [0.29, 0.717) is 22.1 Å². The molecule has 1 fully saturated rings. The van der Waals surface area contributed by atoms with Crippen molar-refractivity contribution in [1.82, 2.24) is 14.9 Å². The number of ether oxygens (including phenoxy) is 1. The number of morpholine rings is 1. The molecule has 1 saturated heterocycles. The van der Waals surface area contributed by atoms with Crippen molar-refractivity contribution in [2.24, 2.45) is 0 Å². The Bertz CT molecular complexity index is 973. The van der Waals surface area contributed by atoms with Crippen LogP contribution in [0.3, 0.4) is 0 Å². The normalized spacial score (nSPS) is 21.3. The molecule has 1 N–H and O–H groups in total. The van der Waals surface area contributed by atoms with E-state index >= 15 is 0 Å². The lowest BCUT2D eigenvalue weighted by atomic mass is 10.2. The lowest BCUT2D eigenvalue weighted by Gasteiger charge is -2.34. The molecule has 0 aliphatic carbocycles. The number of fused-ring (bicyclic) bond motifs is 1. The number of hydrogen-bond donors (Lipinski definition) is 1. The summed E-state index contributed by atoms with van der Waals surface area (Å²) in [5.74, 6) is 0.698. The highest BCUT2D eigenvalue weighted by Crippen LogP contribution is 2.31. The topological polar surface area (TPSA) is 58.2 Å². The molecule has 1 aliphatic heterocycles. The molecule has 3 aromatic rings. The largest absolute Gasteiger partial charge is 0.373 e. The van der Waals surface area contributed by atoms with E-state index in [0.717, 1.165) is 29.0 Å². The third-order valence-corrected chi connectivity index (χ3v) is 5.85. The fourth-order valence-corrected chi connectivity index (χ4v) is 4.57. The highest BCUT2D eigenvalue weighted by Gasteiger charge is 2.23. The van der Waals surface area contributed by atoms with E-state index in [1.54, 1.807) is 0 Å². The molecular weight excluding hydrogens is 370 g/mol. The first-order valence-corrected chi connectivity index (χ1v) is 9.84. The Balaban J connectivity index is 1.64. The van der Waals surface area contributed by atoms with Crippen LogP contribution in [0.5, 0.6) is 0 Å². The van der Waals surface area contributed by atoms with Crippen molar-refractivity contribution in [3.63, 3.8) is 0 Å². The standard InChI is InChI=1S/C19H20ClN3O2S/c1-11-8-23(9-12(2)25-11)10-17-21-15-7-16(26-18(15)19(24)22-17)13-3-5-14(20)6-4-13/h3-7,11-12H,8-10H2,1-2H3,(H,21,22,24)/t11-,12+. The van der Waals surface area contributed by atoms with Crippen LogP contribution in [-0.2, 0) is 11.3 Å². The van der Waals surface area contributed by atoms with Crippen LogP contribution in [0.4, 0.5) is 0 Å². The maximum Gasteiger partial charge on any atom is 0.268 e. The summed E-state index contributed by atoms with van der Waals surface area (Å²) in [5, 5.41) is 0.696. The number of halogens is 1. The molecule has 2 aromatic heterocycles. The van der Waals surface area contributed by atoms with Crippen molar-refractivity contribution in [1.29, 1.82) is 0 Å². The van der Waals surface area contributed by atoms with Gasteiger partial charge in [-0.3, -0.25) is 9.69 Å². The second-order valence-electron chi connectivity index (χ2n) is 6.80. The van der Waals surface area contributed by atoms with Crippen LogP contribution in [0.2, 0.25) is 5.02 Å². The number of aromatic amines is 1. The number of rotatable bonds is 3. The highest BCUT2D eigenvalue weighted by molar-refractivity contribution is 7.22. The second kappa shape index (κ2) is 7.12. The van der Waals surface area contributed by atoms with Gasteiger partial charge in [0.15, 0.2) is 0 Å². The van der Waals surface area contributed by atoms with E-state index < -0.39 is 0 Å². The van der Waals surface area contributed by atoms with Crippen LogP contribution >= 0.6 is 22.9 Å². The van der Waals surface area contributed by atoms with Crippen molar-refractivity contribution in [3.8, 4) is 10.4 Å². The average Bonchev–Trinajstić information content (AvgIpc) is 2.99. The van der Waals surface area contributed by atoms with Gasteiger partial charge in [0.05, 0.1) is 24.3 Å². The molecule has 0 saturated carbocycles. The van der Waals surface area contributed by atoms with Gasteiger partial charge in [-0.2, -0.15) is 0 Å². The van der Waals surface area contributed by atoms with Gasteiger partial charge >= 0.3 is 0 Å². The van der Waals surface area contributed by atoms with Gasteiger partial charge < -0.3 is 9.72 Å². The molecule has 7 heteroatoms. The van der Waals surface area contributed by atoms with Crippen molar-refractivity contribution in [3.05, 3.63) is 51.5 Å². The molecule has 0 unspecified atom stereocenters. The SMILES string of the molecule is C[C@@H]1CN(Cc2nc3cc(-c4ccc(Cl)cc4)sc3c(=O)[nH]2)C[C@H](C)O1. The lowest BCUT2D eigenvalue weighted by Crippen LogP contribution is -2.45. The minimum Gasteiger partial charge on any atom is -0.373 e. The smallest absolute Gasteiger partial charge is 0.268 e. The van der Waals surface area contributed by atoms with Gasteiger partial charge in [-0.05, 0) is 37.6 Å². The molecule has 3 heterocycles. The van der Waals surface area contributed by atoms with E-state index in [4.69, 9.17) is 21.3 Å². The van der Waals surface area contributed by atoms with Crippen LogP contribution in [-0.4, -0.2) is 40.2 Å². The summed E-state index contributed by atoms with van der Waals surface area (Å²) in [7, 11) is 0. The van der Waals surface area contributed by atoms with E-state index in [9.17, 15) is 4.79 Å². The van der Waals surface area contributed by atoms with Crippen molar-refractivity contribution < 1.29 is 4.74 Å². The maximum absolute atomic E-state index is 12.5. The van der Waals surface area contributed by atoms with Gasteiger partial charge in [0, 0.05) is 23.0 Å². The predicted octanol–water partition coefficient (Wildman–Crippen LogP) is 3.91. The Morgan fingerprint density at radius 1 is 1.27 bits per heavy atom. The first kappa shape index (κ1) is 17.7. The third kappa shape index (κ3) is 3.69. The Labute approximate surface area is 160 Å². The van der Waals surface area contributed by atoms with Crippen LogP contribution < -0.4 is 5.56 Å². The fourth-order valence-electron chi connectivity index (χ4n) is 3.44. The van der Waals surface area contributed by atoms with E-state index in [1.165, 1.54) is 11.3 Å². The number of thiophene rings is 1. The molecule has 26 heavy (non-hydrogen) atoms. The molecule has 5 nitrogen and oxygen atoms in total. The van der Waals surface area contributed by atoms with Crippen molar-refractivity contribution in [2.45, 2.75) is 32.6 Å². The molecule has 0 bridgehead atoms. The van der Waals surface area contributed by atoms with E-state index in [2.05, 4.69) is 23.7 Å².